The van der Waals surface area contributed by atoms with Gasteiger partial charge in [0.2, 0.25) is 5.91 Å². The molecule has 1 aliphatic rings. The van der Waals surface area contributed by atoms with Crippen molar-refractivity contribution < 1.29 is 19.1 Å². The molecule has 114 valence electrons. The minimum Gasteiger partial charge on any atom is -0.444 e. The molecule has 6 heteroatoms. The van der Waals surface area contributed by atoms with Gasteiger partial charge in [-0.3, -0.25) is 4.79 Å². The number of nitrogens with zero attached hydrogens (tertiary/aromatic N) is 1. The molecule has 1 rings (SSSR count). The lowest BCUT2D eigenvalue weighted by Gasteiger charge is -2.28. The standard InChI is InChI=1S/C14H24N2O4/c1-5-11(15-13(18)20-14(2,3)4)10-12(17)16-6-8-19-9-7-16/h5,11H,1,6-10H2,2-4H3,(H,15,18). The summed E-state index contributed by atoms with van der Waals surface area (Å²) in [6, 6.07) is -0.430. The molecule has 1 atom stereocenters. The van der Waals surface area contributed by atoms with Gasteiger partial charge in [-0.2, -0.15) is 0 Å². The van der Waals surface area contributed by atoms with Crippen LogP contribution in [-0.2, 0) is 14.3 Å². The molecule has 1 aliphatic heterocycles. The summed E-state index contributed by atoms with van der Waals surface area (Å²) in [5.41, 5.74) is -0.565. The van der Waals surface area contributed by atoms with E-state index in [-0.39, 0.29) is 12.3 Å². The maximum atomic E-state index is 12.1. The van der Waals surface area contributed by atoms with Gasteiger partial charge in [0.15, 0.2) is 0 Å². The zero-order valence-corrected chi connectivity index (χ0v) is 12.5. The minimum atomic E-state index is -0.565. The van der Waals surface area contributed by atoms with Crippen molar-refractivity contribution in [3.63, 3.8) is 0 Å². The van der Waals surface area contributed by atoms with Crippen molar-refractivity contribution in [2.45, 2.75) is 38.8 Å². The highest BCUT2D eigenvalue weighted by Crippen LogP contribution is 2.08. The zero-order chi connectivity index (χ0) is 15.2. The SMILES string of the molecule is C=CC(CC(=O)N1CCOCC1)NC(=O)OC(C)(C)C. The third kappa shape index (κ3) is 6.06. The van der Waals surface area contributed by atoms with Crippen molar-refractivity contribution in [3.05, 3.63) is 12.7 Å². The van der Waals surface area contributed by atoms with E-state index in [2.05, 4.69) is 11.9 Å². The number of morpholine rings is 1. The van der Waals surface area contributed by atoms with E-state index in [4.69, 9.17) is 9.47 Å². The van der Waals surface area contributed by atoms with Gasteiger partial charge in [-0.05, 0) is 20.8 Å². The number of alkyl carbamates (subject to hydrolysis) is 1. The van der Waals surface area contributed by atoms with Crippen molar-refractivity contribution in [1.29, 1.82) is 0 Å². The van der Waals surface area contributed by atoms with E-state index in [0.717, 1.165) is 0 Å². The molecule has 1 heterocycles. The third-order valence-electron chi connectivity index (χ3n) is 2.74. The van der Waals surface area contributed by atoms with Crippen LogP contribution in [0.5, 0.6) is 0 Å². The summed E-state index contributed by atoms with van der Waals surface area (Å²) >= 11 is 0. The van der Waals surface area contributed by atoms with Crippen molar-refractivity contribution in [1.82, 2.24) is 10.2 Å². The summed E-state index contributed by atoms with van der Waals surface area (Å²) in [7, 11) is 0. The molecule has 20 heavy (non-hydrogen) atoms. The molecule has 1 N–H and O–H groups in total. The van der Waals surface area contributed by atoms with E-state index in [9.17, 15) is 9.59 Å². The van der Waals surface area contributed by atoms with Crippen LogP contribution in [0.15, 0.2) is 12.7 Å². The Balaban J connectivity index is 2.44. The van der Waals surface area contributed by atoms with Gasteiger partial charge in [0, 0.05) is 13.1 Å². The third-order valence-corrected chi connectivity index (χ3v) is 2.74. The molecule has 6 nitrogen and oxygen atoms in total. The molecule has 0 saturated carbocycles. The number of hydrogen-bond donors (Lipinski definition) is 1. The van der Waals surface area contributed by atoms with E-state index >= 15 is 0 Å². The molecular weight excluding hydrogens is 260 g/mol. The van der Waals surface area contributed by atoms with E-state index < -0.39 is 17.7 Å². The predicted octanol–water partition coefficient (Wildman–Crippen LogP) is 1.31. The molecule has 0 aliphatic carbocycles. The summed E-state index contributed by atoms with van der Waals surface area (Å²) in [6.07, 6.45) is 1.18. The molecule has 2 amide bonds. The lowest BCUT2D eigenvalue weighted by atomic mass is 10.2. The van der Waals surface area contributed by atoms with E-state index in [0.29, 0.717) is 26.3 Å². The first-order valence-corrected chi connectivity index (χ1v) is 6.79. The van der Waals surface area contributed by atoms with Gasteiger partial charge >= 0.3 is 6.09 Å². The molecule has 1 saturated heterocycles. The fraction of sp³-hybridized carbons (Fsp3) is 0.714. The van der Waals surface area contributed by atoms with E-state index in [1.165, 1.54) is 0 Å². The Morgan fingerprint density at radius 1 is 1.40 bits per heavy atom. The molecular formula is C14H24N2O4. The van der Waals surface area contributed by atoms with Crippen LogP contribution >= 0.6 is 0 Å². The fourth-order valence-electron chi connectivity index (χ4n) is 1.78. The van der Waals surface area contributed by atoms with Gasteiger partial charge in [0.1, 0.15) is 5.60 Å². The van der Waals surface area contributed by atoms with Crippen LogP contribution in [0.4, 0.5) is 4.79 Å². The lowest BCUT2D eigenvalue weighted by Crippen LogP contribution is -2.45. The van der Waals surface area contributed by atoms with Crippen LogP contribution < -0.4 is 5.32 Å². The second-order valence-electron chi connectivity index (χ2n) is 5.69. The van der Waals surface area contributed by atoms with Crippen molar-refractivity contribution >= 4 is 12.0 Å². The van der Waals surface area contributed by atoms with Crippen LogP contribution in [0.3, 0.4) is 0 Å². The molecule has 0 aromatic carbocycles. The Bertz CT molecular complexity index is 357. The Hall–Kier alpha value is -1.56. The quantitative estimate of drug-likeness (QED) is 0.790. The van der Waals surface area contributed by atoms with Gasteiger partial charge in [0.25, 0.3) is 0 Å². The first-order chi connectivity index (χ1) is 9.31. The maximum Gasteiger partial charge on any atom is 0.408 e. The summed E-state index contributed by atoms with van der Waals surface area (Å²) in [5, 5.41) is 2.64. The van der Waals surface area contributed by atoms with Gasteiger partial charge in [-0.15, -0.1) is 6.58 Å². The van der Waals surface area contributed by atoms with Gasteiger partial charge < -0.3 is 19.7 Å². The summed E-state index contributed by atoms with van der Waals surface area (Å²) < 4.78 is 10.4. The van der Waals surface area contributed by atoms with Gasteiger partial charge in [-0.25, -0.2) is 4.79 Å². The van der Waals surface area contributed by atoms with Crippen molar-refractivity contribution in [3.8, 4) is 0 Å². The zero-order valence-electron chi connectivity index (χ0n) is 12.5. The first kappa shape index (κ1) is 16.5. The monoisotopic (exact) mass is 284 g/mol. The van der Waals surface area contributed by atoms with Crippen LogP contribution in [0.1, 0.15) is 27.2 Å². The number of amides is 2. The number of hydrogen-bond acceptors (Lipinski definition) is 4. The average molecular weight is 284 g/mol. The summed E-state index contributed by atoms with van der Waals surface area (Å²) in [4.78, 5) is 25.5. The molecule has 0 radical (unpaired) electrons. The maximum absolute atomic E-state index is 12.1. The predicted molar refractivity (Wildman–Crippen MR) is 75.4 cm³/mol. The second kappa shape index (κ2) is 7.28. The van der Waals surface area contributed by atoms with Crippen molar-refractivity contribution in [2.24, 2.45) is 0 Å². The van der Waals surface area contributed by atoms with Gasteiger partial charge in [0.05, 0.1) is 25.7 Å². The number of nitrogens with one attached hydrogen (secondary N) is 1. The van der Waals surface area contributed by atoms with Crippen LogP contribution in [0.25, 0.3) is 0 Å². The Labute approximate surface area is 120 Å². The lowest BCUT2D eigenvalue weighted by molar-refractivity contribution is -0.135. The molecule has 0 bridgehead atoms. The van der Waals surface area contributed by atoms with Crippen molar-refractivity contribution in [2.75, 3.05) is 26.3 Å². The smallest absolute Gasteiger partial charge is 0.408 e. The van der Waals surface area contributed by atoms with E-state index in [1.54, 1.807) is 31.7 Å². The molecule has 1 unspecified atom stereocenters. The fourth-order valence-corrected chi connectivity index (χ4v) is 1.78. The second-order valence-corrected chi connectivity index (χ2v) is 5.69. The number of rotatable bonds is 4. The Morgan fingerprint density at radius 3 is 2.50 bits per heavy atom. The van der Waals surface area contributed by atoms with Crippen LogP contribution in [0.2, 0.25) is 0 Å². The number of carbonyl (C=O) groups excluding carboxylic acids is 2. The van der Waals surface area contributed by atoms with Gasteiger partial charge in [-0.1, -0.05) is 6.08 Å². The number of carbonyl (C=O) groups is 2. The molecule has 0 spiro atoms. The number of ether oxygens (including phenoxy) is 2. The first-order valence-electron chi connectivity index (χ1n) is 6.79. The summed E-state index contributed by atoms with van der Waals surface area (Å²) in [5.74, 6) is -0.0192. The Kier molecular flexibility index (Phi) is 6.01. The molecule has 1 fully saturated rings. The van der Waals surface area contributed by atoms with Crippen LogP contribution in [0, 0.1) is 0 Å². The molecule has 0 aromatic rings. The topological polar surface area (TPSA) is 67.9 Å². The minimum absolute atomic E-state index is 0.0192. The highest BCUT2D eigenvalue weighted by Gasteiger charge is 2.22. The highest BCUT2D eigenvalue weighted by molar-refractivity contribution is 5.78. The molecule has 0 aromatic heterocycles. The highest BCUT2D eigenvalue weighted by atomic mass is 16.6. The van der Waals surface area contributed by atoms with Crippen LogP contribution in [-0.4, -0.2) is 54.8 Å². The average Bonchev–Trinajstić information content (AvgIpc) is 2.36. The van der Waals surface area contributed by atoms with E-state index in [1.807, 2.05) is 0 Å². The Morgan fingerprint density at radius 2 is 2.00 bits per heavy atom. The largest absolute Gasteiger partial charge is 0.444 e. The summed E-state index contributed by atoms with van der Waals surface area (Å²) in [6.45, 7) is 11.3. The normalized spacial score (nSPS) is 17.2.